The molecule has 0 radical (unpaired) electrons. The zero-order valence-electron chi connectivity index (χ0n) is 10.8. The molecule has 19 heavy (non-hydrogen) atoms. The van der Waals surface area contributed by atoms with Gasteiger partial charge in [0.1, 0.15) is 11.6 Å². The molecule has 0 bridgehead atoms. The van der Waals surface area contributed by atoms with Crippen LogP contribution in [0.2, 0.25) is 5.02 Å². The number of methoxy groups -OCH3 is 1. The Morgan fingerprint density at radius 3 is 2.53 bits per heavy atom. The average Bonchev–Trinajstić information content (AvgIpc) is 2.37. The van der Waals surface area contributed by atoms with Crippen molar-refractivity contribution >= 4 is 11.6 Å². The third kappa shape index (κ3) is 3.06. The lowest BCUT2D eigenvalue weighted by Gasteiger charge is -2.15. The summed E-state index contributed by atoms with van der Waals surface area (Å²) in [4.78, 5) is 0. The summed E-state index contributed by atoms with van der Waals surface area (Å²) in [6.07, 6.45) is 0. The number of hydrogen-bond acceptors (Lipinski definition) is 2. The molecule has 0 saturated heterocycles. The fraction of sp³-hybridized carbons (Fsp3) is 0.200. The van der Waals surface area contributed by atoms with Crippen molar-refractivity contribution in [2.75, 3.05) is 7.11 Å². The highest BCUT2D eigenvalue weighted by molar-refractivity contribution is 6.32. The minimum atomic E-state index is -0.416. The Hall–Kier alpha value is -1.58. The van der Waals surface area contributed by atoms with E-state index in [2.05, 4.69) is 0 Å². The zero-order chi connectivity index (χ0) is 14.0. The Labute approximate surface area is 117 Å². The van der Waals surface area contributed by atoms with Crippen LogP contribution in [0.15, 0.2) is 36.4 Å². The fourth-order valence-electron chi connectivity index (χ4n) is 2.01. The molecule has 0 amide bonds. The summed E-state index contributed by atoms with van der Waals surface area (Å²) in [7, 11) is 1.54. The van der Waals surface area contributed by atoms with Crippen LogP contribution in [-0.4, -0.2) is 7.11 Å². The van der Waals surface area contributed by atoms with E-state index in [-0.39, 0.29) is 5.82 Å². The van der Waals surface area contributed by atoms with Gasteiger partial charge in [-0.25, -0.2) is 4.39 Å². The molecule has 0 aromatic heterocycles. The molecule has 0 aliphatic rings. The molecule has 0 heterocycles. The largest absolute Gasteiger partial charge is 0.495 e. The Morgan fingerprint density at radius 1 is 1.16 bits per heavy atom. The Morgan fingerprint density at radius 2 is 1.89 bits per heavy atom. The average molecular weight is 280 g/mol. The topological polar surface area (TPSA) is 35.2 Å². The monoisotopic (exact) mass is 279 g/mol. The van der Waals surface area contributed by atoms with Gasteiger partial charge in [0, 0.05) is 0 Å². The first-order valence-electron chi connectivity index (χ1n) is 5.87. The van der Waals surface area contributed by atoms with Crippen LogP contribution >= 0.6 is 11.6 Å². The molecule has 0 aliphatic heterocycles. The normalized spacial score (nSPS) is 12.3. The molecule has 100 valence electrons. The Kier molecular flexibility index (Phi) is 4.08. The van der Waals surface area contributed by atoms with E-state index in [4.69, 9.17) is 22.1 Å². The lowest BCUT2D eigenvalue weighted by atomic mass is 9.98. The van der Waals surface area contributed by atoms with E-state index in [0.29, 0.717) is 10.8 Å². The number of nitrogens with two attached hydrogens (primary N) is 1. The van der Waals surface area contributed by atoms with Gasteiger partial charge in [-0.1, -0.05) is 23.7 Å². The van der Waals surface area contributed by atoms with Crippen molar-refractivity contribution in [2.45, 2.75) is 13.0 Å². The lowest BCUT2D eigenvalue weighted by molar-refractivity contribution is 0.414. The maximum absolute atomic E-state index is 13.4. The second-order valence-electron chi connectivity index (χ2n) is 4.43. The molecule has 0 fully saturated rings. The third-order valence-corrected chi connectivity index (χ3v) is 3.27. The number of benzene rings is 2. The van der Waals surface area contributed by atoms with Crippen molar-refractivity contribution in [3.05, 3.63) is 63.9 Å². The van der Waals surface area contributed by atoms with Crippen molar-refractivity contribution in [1.29, 1.82) is 0 Å². The smallest absolute Gasteiger partial charge is 0.137 e. The van der Waals surface area contributed by atoms with Crippen molar-refractivity contribution < 1.29 is 9.13 Å². The minimum absolute atomic E-state index is 0.286. The summed E-state index contributed by atoms with van der Waals surface area (Å²) in [5.41, 5.74) is 8.55. The van der Waals surface area contributed by atoms with Crippen LogP contribution in [0.4, 0.5) is 4.39 Å². The molecule has 0 spiro atoms. The molecule has 1 atom stereocenters. The highest BCUT2D eigenvalue weighted by Crippen LogP contribution is 2.29. The zero-order valence-corrected chi connectivity index (χ0v) is 11.5. The van der Waals surface area contributed by atoms with E-state index in [0.717, 1.165) is 16.7 Å². The van der Waals surface area contributed by atoms with Crippen molar-refractivity contribution in [3.8, 4) is 5.75 Å². The molecule has 2 aromatic rings. The summed E-state index contributed by atoms with van der Waals surface area (Å²) in [5, 5.41) is 0.522. The van der Waals surface area contributed by atoms with Crippen molar-refractivity contribution in [2.24, 2.45) is 5.73 Å². The van der Waals surface area contributed by atoms with E-state index in [1.54, 1.807) is 19.2 Å². The second-order valence-corrected chi connectivity index (χ2v) is 4.84. The number of ether oxygens (including phenoxy) is 1. The van der Waals surface area contributed by atoms with Gasteiger partial charge in [0.25, 0.3) is 0 Å². The molecular formula is C15H15ClFNO. The van der Waals surface area contributed by atoms with Gasteiger partial charge in [0.15, 0.2) is 0 Å². The minimum Gasteiger partial charge on any atom is -0.495 e. The predicted octanol–water partition coefficient (Wildman–Crippen LogP) is 3.84. The predicted molar refractivity (Wildman–Crippen MR) is 75.2 cm³/mol. The number of hydrogen-bond donors (Lipinski definition) is 1. The van der Waals surface area contributed by atoms with Gasteiger partial charge in [-0.15, -0.1) is 0 Å². The number of aryl methyl sites for hydroxylation is 1. The molecule has 4 heteroatoms. The first-order chi connectivity index (χ1) is 9.01. The van der Waals surface area contributed by atoms with Gasteiger partial charge in [-0.05, 0) is 47.9 Å². The first kappa shape index (κ1) is 13.8. The molecule has 1 unspecified atom stereocenters. The van der Waals surface area contributed by atoms with Crippen molar-refractivity contribution in [1.82, 2.24) is 0 Å². The molecule has 0 saturated carbocycles. The van der Waals surface area contributed by atoms with Gasteiger partial charge < -0.3 is 10.5 Å². The van der Waals surface area contributed by atoms with Crippen LogP contribution in [0.25, 0.3) is 0 Å². The SMILES string of the molecule is COc1cc(C(N)c2cc(C)cc(F)c2)ccc1Cl. The second kappa shape index (κ2) is 5.59. The third-order valence-electron chi connectivity index (χ3n) is 2.96. The van der Waals surface area contributed by atoms with Crippen molar-refractivity contribution in [3.63, 3.8) is 0 Å². The van der Waals surface area contributed by atoms with Crippen LogP contribution in [-0.2, 0) is 0 Å². The van der Waals surface area contributed by atoms with Gasteiger partial charge in [-0.3, -0.25) is 0 Å². The van der Waals surface area contributed by atoms with E-state index in [1.165, 1.54) is 12.1 Å². The molecule has 2 nitrogen and oxygen atoms in total. The molecule has 2 aromatic carbocycles. The summed E-state index contributed by atoms with van der Waals surface area (Å²) < 4.78 is 18.6. The summed E-state index contributed by atoms with van der Waals surface area (Å²) >= 11 is 5.97. The molecule has 2 rings (SSSR count). The Balaban J connectivity index is 2.40. The highest BCUT2D eigenvalue weighted by Gasteiger charge is 2.12. The molecule has 0 aliphatic carbocycles. The van der Waals surface area contributed by atoms with Crippen LogP contribution in [0.1, 0.15) is 22.7 Å². The first-order valence-corrected chi connectivity index (χ1v) is 6.25. The van der Waals surface area contributed by atoms with Gasteiger partial charge in [-0.2, -0.15) is 0 Å². The number of halogens is 2. The number of rotatable bonds is 3. The summed E-state index contributed by atoms with van der Waals surface area (Å²) in [6.45, 7) is 1.84. The van der Waals surface area contributed by atoms with E-state index < -0.39 is 6.04 Å². The maximum Gasteiger partial charge on any atom is 0.137 e. The van der Waals surface area contributed by atoms with E-state index >= 15 is 0 Å². The summed E-state index contributed by atoms with van der Waals surface area (Å²) in [5.74, 6) is 0.272. The molecular weight excluding hydrogens is 265 g/mol. The highest BCUT2D eigenvalue weighted by atomic mass is 35.5. The van der Waals surface area contributed by atoms with Crippen LogP contribution in [0.5, 0.6) is 5.75 Å². The van der Waals surface area contributed by atoms with Crippen LogP contribution in [0, 0.1) is 12.7 Å². The molecule has 2 N–H and O–H groups in total. The summed E-state index contributed by atoms with van der Waals surface area (Å²) in [6, 6.07) is 9.68. The van der Waals surface area contributed by atoms with Gasteiger partial charge in [0.2, 0.25) is 0 Å². The standard InChI is InChI=1S/C15H15ClFNO/c1-9-5-11(7-12(17)6-9)15(18)10-3-4-13(16)14(8-10)19-2/h3-8,15H,18H2,1-2H3. The quantitative estimate of drug-likeness (QED) is 0.926. The lowest BCUT2D eigenvalue weighted by Crippen LogP contribution is -2.12. The van der Waals surface area contributed by atoms with E-state index in [1.807, 2.05) is 19.1 Å². The van der Waals surface area contributed by atoms with Gasteiger partial charge in [0.05, 0.1) is 18.2 Å². The fourth-order valence-corrected chi connectivity index (χ4v) is 2.20. The Bertz CT molecular complexity index is 580. The maximum atomic E-state index is 13.4. The van der Waals surface area contributed by atoms with Crippen LogP contribution < -0.4 is 10.5 Å². The van der Waals surface area contributed by atoms with Crippen LogP contribution in [0.3, 0.4) is 0 Å². The van der Waals surface area contributed by atoms with E-state index in [9.17, 15) is 4.39 Å². The van der Waals surface area contributed by atoms with Gasteiger partial charge >= 0.3 is 0 Å².